The number of nitrogens with one attached hydrogen (secondary N) is 1. The monoisotopic (exact) mass is 330 g/mol. The van der Waals surface area contributed by atoms with Gasteiger partial charge in [0.05, 0.1) is 0 Å². The molecule has 1 aliphatic rings. The van der Waals surface area contributed by atoms with Gasteiger partial charge < -0.3 is 10.2 Å². The first-order chi connectivity index (χ1) is 11.2. The van der Waals surface area contributed by atoms with Gasteiger partial charge in [0.15, 0.2) is 0 Å². The minimum Gasteiger partial charge on any atom is -0.342 e. The largest absolute Gasteiger partial charge is 0.342 e. The van der Waals surface area contributed by atoms with Gasteiger partial charge in [-0.05, 0) is 34.7 Å². The number of amides is 1. The third kappa shape index (κ3) is 3.59. The molecule has 1 amide bonds. The zero-order valence-electron chi connectivity index (χ0n) is 14.0. The van der Waals surface area contributed by atoms with Crippen LogP contribution in [-0.4, -0.2) is 29.9 Å². The van der Waals surface area contributed by atoms with Gasteiger partial charge in [-0.25, -0.2) is 0 Å². The molecular weight excluding hydrogens is 304 g/mol. The zero-order chi connectivity index (χ0) is 16.2. The molecule has 0 unspecified atom stereocenters. The van der Waals surface area contributed by atoms with Gasteiger partial charge >= 0.3 is 0 Å². The number of carbonyl (C=O) groups excluding carboxylic acids is 1. The van der Waals surface area contributed by atoms with Crippen LogP contribution in [0.5, 0.6) is 0 Å². The van der Waals surface area contributed by atoms with Crippen molar-refractivity contribution in [1.29, 1.82) is 0 Å². The maximum atomic E-state index is 11.9. The quantitative estimate of drug-likeness (QED) is 0.898. The topological polar surface area (TPSA) is 32.3 Å². The Morgan fingerprint density at radius 3 is 2.96 bits per heavy atom. The highest BCUT2D eigenvalue weighted by Gasteiger charge is 2.29. The number of nitrogens with zero attached hydrogens (tertiary/aromatic N) is 1. The lowest BCUT2D eigenvalue weighted by Crippen LogP contribution is -2.50. The molecule has 3 rings (SSSR count). The van der Waals surface area contributed by atoms with Crippen molar-refractivity contribution in [3.8, 4) is 0 Å². The van der Waals surface area contributed by atoms with Crippen molar-refractivity contribution in [2.75, 3.05) is 13.1 Å². The third-order valence-corrected chi connectivity index (χ3v) is 6.04. The first-order valence-corrected chi connectivity index (χ1v) is 9.57. The molecule has 0 spiro atoms. The number of carbonyl (C=O) groups is 1. The second-order valence-corrected chi connectivity index (χ2v) is 7.31. The standard InChI is InChI=1S/C19H26N2OS/c1-3-14-12-21(19(22)4-2)10-9-17(14)20-11-15-13-23-18-8-6-5-7-16(15)18/h5-8,13-14,17,20H,3-4,9-12H2,1-2H3/t14-,17-/m0/s1. The van der Waals surface area contributed by atoms with E-state index in [1.165, 1.54) is 15.6 Å². The Morgan fingerprint density at radius 2 is 2.17 bits per heavy atom. The Bertz CT molecular complexity index is 666. The van der Waals surface area contributed by atoms with E-state index in [-0.39, 0.29) is 0 Å². The Hall–Kier alpha value is -1.39. The van der Waals surface area contributed by atoms with Crippen LogP contribution >= 0.6 is 11.3 Å². The lowest BCUT2D eigenvalue weighted by Gasteiger charge is -2.38. The Morgan fingerprint density at radius 1 is 1.35 bits per heavy atom. The van der Waals surface area contributed by atoms with Crippen LogP contribution in [0.1, 0.15) is 38.7 Å². The number of rotatable bonds is 5. The Labute approximate surface area is 142 Å². The Balaban J connectivity index is 1.62. The summed E-state index contributed by atoms with van der Waals surface area (Å²) in [7, 11) is 0. The molecule has 0 aliphatic carbocycles. The summed E-state index contributed by atoms with van der Waals surface area (Å²) in [4.78, 5) is 14.0. The second-order valence-electron chi connectivity index (χ2n) is 6.39. The van der Waals surface area contributed by atoms with Crippen molar-refractivity contribution in [2.45, 2.75) is 45.7 Å². The molecule has 2 atom stereocenters. The average Bonchev–Trinajstić information content (AvgIpc) is 3.02. The van der Waals surface area contributed by atoms with Crippen LogP contribution in [0.4, 0.5) is 0 Å². The van der Waals surface area contributed by atoms with Gasteiger partial charge in [-0.3, -0.25) is 4.79 Å². The fraction of sp³-hybridized carbons (Fsp3) is 0.526. The van der Waals surface area contributed by atoms with Gasteiger partial charge in [0.1, 0.15) is 0 Å². The fourth-order valence-electron chi connectivity index (χ4n) is 3.58. The molecular formula is C19H26N2OS. The molecule has 4 heteroatoms. The number of fused-ring (bicyclic) bond motifs is 1. The van der Waals surface area contributed by atoms with Crippen LogP contribution in [0.3, 0.4) is 0 Å². The normalized spacial score (nSPS) is 21.7. The van der Waals surface area contributed by atoms with Crippen molar-refractivity contribution in [2.24, 2.45) is 5.92 Å². The molecule has 124 valence electrons. The highest BCUT2D eigenvalue weighted by Crippen LogP contribution is 2.27. The van der Waals surface area contributed by atoms with Crippen molar-refractivity contribution >= 4 is 27.3 Å². The lowest BCUT2D eigenvalue weighted by atomic mass is 9.89. The van der Waals surface area contributed by atoms with Crippen LogP contribution < -0.4 is 5.32 Å². The molecule has 1 aromatic heterocycles. The van der Waals surface area contributed by atoms with Gasteiger partial charge in [-0.2, -0.15) is 0 Å². The molecule has 0 radical (unpaired) electrons. The van der Waals surface area contributed by atoms with Crippen LogP contribution in [0, 0.1) is 5.92 Å². The fourth-order valence-corrected chi connectivity index (χ4v) is 4.54. The third-order valence-electron chi connectivity index (χ3n) is 5.03. The molecule has 0 saturated carbocycles. The van der Waals surface area contributed by atoms with Crippen molar-refractivity contribution in [3.63, 3.8) is 0 Å². The van der Waals surface area contributed by atoms with Crippen LogP contribution in [0.15, 0.2) is 29.6 Å². The summed E-state index contributed by atoms with van der Waals surface area (Å²) < 4.78 is 1.36. The van der Waals surface area contributed by atoms with Crippen LogP contribution in [0.2, 0.25) is 0 Å². The maximum absolute atomic E-state index is 11.9. The van der Waals surface area contributed by atoms with Gasteiger partial charge in [-0.1, -0.05) is 38.5 Å². The summed E-state index contributed by atoms with van der Waals surface area (Å²) in [5.41, 5.74) is 1.40. The SMILES string of the molecule is CCC(=O)N1CC[C@H](NCc2csc3ccccc23)[C@@H](CC)C1. The molecule has 2 aromatic rings. The van der Waals surface area contributed by atoms with Gasteiger partial charge in [-0.15, -0.1) is 11.3 Å². The van der Waals surface area contributed by atoms with E-state index in [0.717, 1.165) is 32.5 Å². The summed E-state index contributed by atoms with van der Waals surface area (Å²) in [6.45, 7) is 6.91. The summed E-state index contributed by atoms with van der Waals surface area (Å²) in [5.74, 6) is 0.856. The minimum absolute atomic E-state index is 0.297. The van der Waals surface area contributed by atoms with E-state index in [9.17, 15) is 4.79 Å². The molecule has 23 heavy (non-hydrogen) atoms. The predicted molar refractivity (Wildman–Crippen MR) is 97.7 cm³/mol. The van der Waals surface area contributed by atoms with Crippen LogP contribution in [0.25, 0.3) is 10.1 Å². The average molecular weight is 330 g/mol. The second kappa shape index (κ2) is 7.45. The molecule has 1 aliphatic heterocycles. The smallest absolute Gasteiger partial charge is 0.222 e. The highest BCUT2D eigenvalue weighted by atomic mass is 32.1. The Kier molecular flexibility index (Phi) is 5.34. The van der Waals surface area contributed by atoms with Crippen LogP contribution in [-0.2, 0) is 11.3 Å². The summed E-state index contributed by atoms with van der Waals surface area (Å²) in [6.07, 6.45) is 2.80. The predicted octanol–water partition coefficient (Wildman–Crippen LogP) is 4.03. The molecule has 0 bridgehead atoms. The summed E-state index contributed by atoms with van der Waals surface area (Å²) in [5, 5.41) is 7.41. The first kappa shape index (κ1) is 16.5. The first-order valence-electron chi connectivity index (χ1n) is 8.69. The molecule has 1 saturated heterocycles. The molecule has 3 nitrogen and oxygen atoms in total. The van der Waals surface area contributed by atoms with Crippen molar-refractivity contribution in [3.05, 3.63) is 35.2 Å². The number of hydrogen-bond donors (Lipinski definition) is 1. The lowest BCUT2D eigenvalue weighted by molar-refractivity contribution is -0.133. The number of likely N-dealkylation sites (tertiary alicyclic amines) is 1. The molecule has 2 heterocycles. The van der Waals surface area contributed by atoms with E-state index in [4.69, 9.17) is 0 Å². The van der Waals surface area contributed by atoms with E-state index in [0.29, 0.717) is 24.3 Å². The van der Waals surface area contributed by atoms with E-state index in [1.54, 1.807) is 0 Å². The number of piperidine rings is 1. The van der Waals surface area contributed by atoms with E-state index in [2.05, 4.69) is 41.9 Å². The van der Waals surface area contributed by atoms with E-state index >= 15 is 0 Å². The number of thiophene rings is 1. The van der Waals surface area contributed by atoms with Gasteiger partial charge in [0.2, 0.25) is 5.91 Å². The summed E-state index contributed by atoms with van der Waals surface area (Å²) >= 11 is 1.82. The maximum Gasteiger partial charge on any atom is 0.222 e. The number of hydrogen-bond acceptors (Lipinski definition) is 3. The molecule has 1 N–H and O–H groups in total. The number of benzene rings is 1. The van der Waals surface area contributed by atoms with E-state index < -0.39 is 0 Å². The van der Waals surface area contributed by atoms with Gasteiger partial charge in [0, 0.05) is 36.8 Å². The van der Waals surface area contributed by atoms with Crippen molar-refractivity contribution in [1.82, 2.24) is 10.2 Å². The van der Waals surface area contributed by atoms with Gasteiger partial charge in [0.25, 0.3) is 0 Å². The molecule has 1 fully saturated rings. The highest BCUT2D eigenvalue weighted by molar-refractivity contribution is 7.17. The van der Waals surface area contributed by atoms with Crippen molar-refractivity contribution < 1.29 is 4.79 Å². The minimum atomic E-state index is 0.297. The van der Waals surface area contributed by atoms with E-state index in [1.807, 2.05) is 23.2 Å². The summed E-state index contributed by atoms with van der Waals surface area (Å²) in [6, 6.07) is 9.13. The molecule has 1 aromatic carbocycles. The zero-order valence-corrected chi connectivity index (χ0v) is 14.9.